The van der Waals surface area contributed by atoms with Crippen molar-refractivity contribution in [2.24, 2.45) is 0 Å². The van der Waals surface area contributed by atoms with E-state index in [1.165, 1.54) is 0 Å². The molecular weight excluding hydrogens is 412 g/mol. The molecule has 0 N–H and O–H groups in total. The van der Waals surface area contributed by atoms with Gasteiger partial charge in [0.1, 0.15) is 18.3 Å². The normalized spacial score (nSPS) is 13.9. The number of hydrogen-bond donors (Lipinski definition) is 0. The van der Waals surface area contributed by atoms with Crippen molar-refractivity contribution in [2.75, 3.05) is 0 Å². The lowest BCUT2D eigenvalue weighted by Crippen LogP contribution is -2.42. The van der Waals surface area contributed by atoms with Crippen molar-refractivity contribution in [1.29, 1.82) is 0 Å². The molecule has 3 aromatic rings. The second kappa shape index (κ2) is 14.0. The first-order valence-corrected chi connectivity index (χ1v) is 11.0. The van der Waals surface area contributed by atoms with Crippen LogP contribution in [0.5, 0.6) is 0 Å². The first-order chi connectivity index (χ1) is 16.3. The van der Waals surface area contributed by atoms with Crippen molar-refractivity contribution < 1.29 is 19.0 Å². The lowest BCUT2D eigenvalue weighted by molar-refractivity contribution is -0.151. The third-order valence-electron chi connectivity index (χ3n) is 5.07. The van der Waals surface area contributed by atoms with Gasteiger partial charge in [-0.05, 0) is 16.7 Å². The van der Waals surface area contributed by atoms with Crippen molar-refractivity contribution in [3.8, 4) is 0 Å². The fourth-order valence-corrected chi connectivity index (χ4v) is 3.34. The molecule has 4 heteroatoms. The van der Waals surface area contributed by atoms with Crippen molar-refractivity contribution in [1.82, 2.24) is 0 Å². The van der Waals surface area contributed by atoms with E-state index in [0.717, 1.165) is 23.0 Å². The average Bonchev–Trinajstić information content (AvgIpc) is 2.88. The highest BCUT2D eigenvalue weighted by atomic mass is 16.6. The zero-order valence-corrected chi connectivity index (χ0v) is 18.7. The van der Waals surface area contributed by atoms with Crippen molar-refractivity contribution in [3.63, 3.8) is 0 Å². The number of carbonyl (C=O) groups excluding carboxylic acids is 1. The zero-order chi connectivity index (χ0) is 23.1. The Morgan fingerprint density at radius 2 is 1.06 bits per heavy atom. The fourth-order valence-electron chi connectivity index (χ4n) is 3.34. The fraction of sp³-hybridized carbons (Fsp3) is 0.207. The summed E-state index contributed by atoms with van der Waals surface area (Å²) in [6.07, 6.45) is 4.14. The van der Waals surface area contributed by atoms with Gasteiger partial charge in [-0.25, -0.2) is 0 Å². The van der Waals surface area contributed by atoms with Gasteiger partial charge in [-0.3, -0.25) is 0 Å². The van der Waals surface area contributed by atoms with Gasteiger partial charge in [-0.1, -0.05) is 116 Å². The Balaban J connectivity index is 1.79. The number of rotatable bonds is 14. The summed E-state index contributed by atoms with van der Waals surface area (Å²) < 4.78 is 18.5. The number of carbonyl (C=O) groups is 1. The van der Waals surface area contributed by atoms with Gasteiger partial charge in [-0.15, -0.1) is 0 Å². The first-order valence-electron chi connectivity index (χ1n) is 11.0. The van der Waals surface area contributed by atoms with Gasteiger partial charge in [0, 0.05) is 0 Å². The van der Waals surface area contributed by atoms with E-state index in [2.05, 4.69) is 6.58 Å². The minimum atomic E-state index is -0.816. The molecule has 0 spiro atoms. The Labute approximate surface area is 196 Å². The van der Waals surface area contributed by atoms with Crippen LogP contribution in [0, 0.1) is 0 Å². The van der Waals surface area contributed by atoms with Gasteiger partial charge < -0.3 is 19.0 Å². The average molecular weight is 443 g/mol. The number of aldehydes is 1. The lowest BCUT2D eigenvalue weighted by atomic mass is 10.1. The highest BCUT2D eigenvalue weighted by Gasteiger charge is 2.31. The Hall–Kier alpha value is -3.31. The van der Waals surface area contributed by atoms with Crippen LogP contribution < -0.4 is 0 Å². The smallest absolute Gasteiger partial charge is 0.151 e. The number of hydrogen-bond acceptors (Lipinski definition) is 4. The van der Waals surface area contributed by atoms with E-state index < -0.39 is 18.3 Å². The second-order valence-electron chi connectivity index (χ2n) is 7.54. The Morgan fingerprint density at radius 3 is 1.48 bits per heavy atom. The van der Waals surface area contributed by atoms with Gasteiger partial charge in [0.05, 0.1) is 19.8 Å². The molecule has 33 heavy (non-hydrogen) atoms. The minimum Gasteiger partial charge on any atom is -0.367 e. The Bertz CT molecular complexity index is 970. The lowest BCUT2D eigenvalue weighted by Gasteiger charge is -2.29. The molecule has 0 aliphatic heterocycles. The maximum Gasteiger partial charge on any atom is 0.151 e. The SMILES string of the molecule is C=CC=C[C@@H](OCc1ccccc1)[C@H](OCc1ccccc1)[C@H](C=O)OCc1ccccc1. The van der Waals surface area contributed by atoms with Gasteiger partial charge >= 0.3 is 0 Å². The van der Waals surface area contributed by atoms with E-state index >= 15 is 0 Å². The maximum atomic E-state index is 12.1. The molecule has 0 aliphatic rings. The predicted octanol–water partition coefficient (Wildman–Crippen LogP) is 5.68. The van der Waals surface area contributed by atoms with Gasteiger partial charge in [0.25, 0.3) is 0 Å². The van der Waals surface area contributed by atoms with E-state index in [1.807, 2.05) is 97.1 Å². The van der Waals surface area contributed by atoms with Crippen LogP contribution in [-0.2, 0) is 38.8 Å². The summed E-state index contributed by atoms with van der Waals surface area (Å²) in [5, 5.41) is 0. The van der Waals surface area contributed by atoms with Crippen LogP contribution in [0.15, 0.2) is 116 Å². The van der Waals surface area contributed by atoms with Crippen molar-refractivity contribution >= 4 is 6.29 Å². The quantitative estimate of drug-likeness (QED) is 0.238. The minimum absolute atomic E-state index is 0.298. The molecule has 3 rings (SSSR count). The van der Waals surface area contributed by atoms with E-state index in [4.69, 9.17) is 14.2 Å². The van der Waals surface area contributed by atoms with Crippen LogP contribution >= 0.6 is 0 Å². The third-order valence-corrected chi connectivity index (χ3v) is 5.07. The molecule has 4 nitrogen and oxygen atoms in total. The summed E-state index contributed by atoms with van der Waals surface area (Å²) in [5.41, 5.74) is 3.02. The Morgan fingerprint density at radius 1 is 0.636 bits per heavy atom. The largest absolute Gasteiger partial charge is 0.367 e. The molecule has 3 aromatic carbocycles. The molecule has 0 unspecified atom stereocenters. The van der Waals surface area contributed by atoms with Crippen LogP contribution in [0.1, 0.15) is 16.7 Å². The number of ether oxygens (including phenoxy) is 3. The maximum absolute atomic E-state index is 12.1. The molecule has 0 bridgehead atoms. The molecule has 0 aromatic heterocycles. The summed E-state index contributed by atoms with van der Waals surface area (Å²) in [6.45, 7) is 4.77. The van der Waals surface area contributed by atoms with Gasteiger partial charge in [0.2, 0.25) is 0 Å². The van der Waals surface area contributed by atoms with Crippen LogP contribution in [0.25, 0.3) is 0 Å². The summed E-state index contributed by atoms with van der Waals surface area (Å²) >= 11 is 0. The monoisotopic (exact) mass is 442 g/mol. The van der Waals surface area contributed by atoms with Gasteiger partial charge in [0.15, 0.2) is 6.29 Å². The molecule has 3 atom stereocenters. The highest BCUT2D eigenvalue weighted by Crippen LogP contribution is 2.19. The van der Waals surface area contributed by atoms with E-state index in [0.29, 0.717) is 19.8 Å². The topological polar surface area (TPSA) is 44.8 Å². The van der Waals surface area contributed by atoms with Crippen LogP contribution in [0.3, 0.4) is 0 Å². The molecule has 0 saturated heterocycles. The van der Waals surface area contributed by atoms with Crippen LogP contribution in [-0.4, -0.2) is 24.6 Å². The van der Waals surface area contributed by atoms with E-state index in [1.54, 1.807) is 12.2 Å². The van der Waals surface area contributed by atoms with E-state index in [-0.39, 0.29) is 0 Å². The van der Waals surface area contributed by atoms with Crippen molar-refractivity contribution in [3.05, 3.63) is 132 Å². The number of benzene rings is 3. The zero-order valence-electron chi connectivity index (χ0n) is 18.7. The second-order valence-corrected chi connectivity index (χ2v) is 7.54. The summed E-state index contributed by atoms with van der Waals surface area (Å²) in [6, 6.07) is 29.5. The molecule has 0 fully saturated rings. The summed E-state index contributed by atoms with van der Waals surface area (Å²) in [7, 11) is 0. The molecule has 0 saturated carbocycles. The third kappa shape index (κ3) is 8.28. The summed E-state index contributed by atoms with van der Waals surface area (Å²) in [4.78, 5) is 12.1. The van der Waals surface area contributed by atoms with Crippen LogP contribution in [0.2, 0.25) is 0 Å². The molecule has 0 aliphatic carbocycles. The molecule has 0 heterocycles. The molecular formula is C29H30O4. The van der Waals surface area contributed by atoms with E-state index in [9.17, 15) is 4.79 Å². The predicted molar refractivity (Wildman–Crippen MR) is 130 cm³/mol. The summed E-state index contributed by atoms with van der Waals surface area (Å²) in [5.74, 6) is 0. The molecule has 170 valence electrons. The van der Waals surface area contributed by atoms with Crippen LogP contribution in [0.4, 0.5) is 0 Å². The molecule has 0 radical (unpaired) electrons. The highest BCUT2D eigenvalue weighted by molar-refractivity contribution is 5.57. The van der Waals surface area contributed by atoms with Crippen molar-refractivity contribution in [2.45, 2.75) is 38.1 Å². The first kappa shape index (κ1) is 24.3. The molecule has 0 amide bonds. The number of allylic oxidation sites excluding steroid dienone is 2. The standard InChI is InChI=1S/C29H30O4/c1-2-3-19-27(31-21-24-13-7-4-8-14-24)29(33-23-26-17-11-6-12-18-26)28(20-30)32-22-25-15-9-5-10-16-25/h2-20,27-29H,1,21-23H2/t27-,28+,29+/m1/s1. The van der Waals surface area contributed by atoms with Gasteiger partial charge in [-0.2, -0.15) is 0 Å². The Kier molecular flexibility index (Phi) is 10.3.